The molecule has 1 aliphatic heterocycles. The maximum Gasteiger partial charge on any atom is 0.345 e. The number of alkyl halides is 2. The first-order valence-corrected chi connectivity index (χ1v) is 13.1. The van der Waals surface area contributed by atoms with E-state index in [2.05, 4.69) is 25.3 Å². The number of amides is 3. The molecule has 3 amide bonds. The molecule has 0 unspecified atom stereocenters. The lowest BCUT2D eigenvalue weighted by atomic mass is 10.1. The molecular weight excluding hydrogens is 528 g/mol. The highest BCUT2D eigenvalue weighted by Gasteiger charge is 2.41. The average molecular weight is 554 g/mol. The molecule has 0 radical (unpaired) electrons. The molecule has 2 atom stereocenters. The zero-order valence-electron chi connectivity index (χ0n) is 20.6. The number of halogens is 2. The van der Waals surface area contributed by atoms with Crippen LogP contribution in [0.4, 0.5) is 8.78 Å². The molecule has 0 spiro atoms. The van der Waals surface area contributed by atoms with Crippen molar-refractivity contribution in [3.05, 3.63) is 76.9 Å². The summed E-state index contributed by atoms with van der Waals surface area (Å²) < 4.78 is 30.4. The highest BCUT2D eigenvalue weighted by Crippen LogP contribution is 2.26. The van der Waals surface area contributed by atoms with E-state index in [9.17, 15) is 23.2 Å². The Balaban J connectivity index is 1.21. The number of benzene rings is 1. The number of hydrogen-bond donors (Lipinski definition) is 3. The number of fused-ring (bicyclic) bond motifs is 1. The standard InChI is InChI=1S/C27H25F2N5O4S/c28-27(29)38-20-10-22(25(36)31-12-19-8-17-11-30-7-6-21(17)33-19)34(14-20)24(35)13-32-26(37)23-9-18(15-39-23)16-4-2-1-3-5-16/h1-9,11,15,20,22,27,33H,10,12-14H2,(H,31,36)(H,32,37)/t20-,22+/m1/s1. The first kappa shape index (κ1) is 26.4. The van der Waals surface area contributed by atoms with Crippen molar-refractivity contribution in [2.45, 2.75) is 31.7 Å². The Labute approximate surface area is 226 Å². The third kappa shape index (κ3) is 6.29. The first-order valence-electron chi connectivity index (χ1n) is 12.2. The third-order valence-corrected chi connectivity index (χ3v) is 7.37. The van der Waals surface area contributed by atoms with Gasteiger partial charge in [0.15, 0.2) is 0 Å². The second kappa shape index (κ2) is 11.7. The number of pyridine rings is 1. The molecule has 1 aromatic carbocycles. The van der Waals surface area contributed by atoms with Crippen molar-refractivity contribution in [1.29, 1.82) is 0 Å². The van der Waals surface area contributed by atoms with Crippen LogP contribution in [-0.4, -0.2) is 64.4 Å². The molecule has 1 fully saturated rings. The molecule has 3 aromatic heterocycles. The van der Waals surface area contributed by atoms with Crippen LogP contribution in [0.2, 0.25) is 0 Å². The highest BCUT2D eigenvalue weighted by atomic mass is 32.1. The van der Waals surface area contributed by atoms with E-state index in [4.69, 9.17) is 0 Å². The Bertz CT molecular complexity index is 1440. The number of rotatable bonds is 9. The maximum atomic E-state index is 13.0. The number of aromatic amines is 1. The van der Waals surface area contributed by atoms with Crippen molar-refractivity contribution in [1.82, 2.24) is 25.5 Å². The largest absolute Gasteiger partial charge is 0.357 e. The minimum absolute atomic E-state index is 0.0855. The molecule has 9 nitrogen and oxygen atoms in total. The van der Waals surface area contributed by atoms with Crippen molar-refractivity contribution < 1.29 is 27.9 Å². The second-order valence-corrected chi connectivity index (χ2v) is 9.95. The Morgan fingerprint density at radius 3 is 2.72 bits per heavy atom. The van der Waals surface area contributed by atoms with E-state index < -0.39 is 43.0 Å². The van der Waals surface area contributed by atoms with Crippen molar-refractivity contribution in [2.24, 2.45) is 0 Å². The summed E-state index contributed by atoms with van der Waals surface area (Å²) in [5.41, 5.74) is 3.42. The van der Waals surface area contributed by atoms with Gasteiger partial charge in [-0.2, -0.15) is 8.78 Å². The molecule has 1 saturated heterocycles. The minimum atomic E-state index is -3.04. The van der Waals surface area contributed by atoms with Crippen LogP contribution >= 0.6 is 11.3 Å². The van der Waals surface area contributed by atoms with Gasteiger partial charge in [0.1, 0.15) is 6.04 Å². The lowest BCUT2D eigenvalue weighted by Gasteiger charge is -2.23. The summed E-state index contributed by atoms with van der Waals surface area (Å²) in [6.07, 6.45) is 2.24. The van der Waals surface area contributed by atoms with Gasteiger partial charge in [0.2, 0.25) is 11.8 Å². The summed E-state index contributed by atoms with van der Waals surface area (Å²) in [4.78, 5) is 47.5. The average Bonchev–Trinajstić information content (AvgIpc) is 3.68. The number of nitrogens with one attached hydrogen (secondary N) is 3. The second-order valence-electron chi connectivity index (χ2n) is 9.04. The van der Waals surface area contributed by atoms with Gasteiger partial charge < -0.3 is 25.3 Å². The van der Waals surface area contributed by atoms with Crippen LogP contribution < -0.4 is 10.6 Å². The smallest absolute Gasteiger partial charge is 0.345 e. The van der Waals surface area contributed by atoms with Crippen molar-refractivity contribution >= 4 is 40.0 Å². The number of hydrogen-bond acceptors (Lipinski definition) is 6. The molecule has 3 N–H and O–H groups in total. The van der Waals surface area contributed by atoms with Crippen LogP contribution in [0.1, 0.15) is 21.8 Å². The number of likely N-dealkylation sites (tertiary alicyclic amines) is 1. The predicted octanol–water partition coefficient (Wildman–Crippen LogP) is 3.55. The molecule has 0 aliphatic carbocycles. The number of nitrogens with zero attached hydrogens (tertiary/aromatic N) is 2. The number of carbonyl (C=O) groups is 3. The van der Waals surface area contributed by atoms with E-state index in [1.165, 1.54) is 16.2 Å². The minimum Gasteiger partial charge on any atom is -0.357 e. The van der Waals surface area contributed by atoms with Crippen molar-refractivity contribution in [3.63, 3.8) is 0 Å². The summed E-state index contributed by atoms with van der Waals surface area (Å²) in [7, 11) is 0. The number of aromatic nitrogens is 2. The Morgan fingerprint density at radius 1 is 1.13 bits per heavy atom. The SMILES string of the molecule is O=C(NCC(=O)N1C[C@H](OC(F)F)C[C@H]1C(=O)NCc1cc2cnccc2[nH]1)c1cc(-c2ccccc2)cs1. The molecule has 4 aromatic rings. The zero-order chi connectivity index (χ0) is 27.4. The summed E-state index contributed by atoms with van der Waals surface area (Å²) in [6.45, 7) is -3.47. The Morgan fingerprint density at radius 2 is 1.95 bits per heavy atom. The normalized spacial score (nSPS) is 17.1. The summed E-state index contributed by atoms with van der Waals surface area (Å²) in [6, 6.07) is 13.9. The van der Waals surface area contributed by atoms with E-state index in [1.54, 1.807) is 24.5 Å². The number of ether oxygens (including phenoxy) is 1. The van der Waals surface area contributed by atoms with Crippen LogP contribution in [0.3, 0.4) is 0 Å². The van der Waals surface area contributed by atoms with Crippen LogP contribution in [0.15, 0.2) is 66.3 Å². The Hall–Kier alpha value is -4.16. The first-order chi connectivity index (χ1) is 18.9. The number of H-pyrrole nitrogens is 1. The lowest BCUT2D eigenvalue weighted by molar-refractivity contribution is -0.160. The Kier molecular flexibility index (Phi) is 7.94. The van der Waals surface area contributed by atoms with Gasteiger partial charge in [-0.1, -0.05) is 30.3 Å². The van der Waals surface area contributed by atoms with Crippen LogP contribution in [0.25, 0.3) is 22.0 Å². The topological polar surface area (TPSA) is 116 Å². The maximum absolute atomic E-state index is 13.0. The van der Waals surface area contributed by atoms with Gasteiger partial charge in [-0.25, -0.2) is 0 Å². The molecule has 1 aliphatic rings. The van der Waals surface area contributed by atoms with Gasteiger partial charge in [0.25, 0.3) is 5.91 Å². The van der Waals surface area contributed by atoms with E-state index in [0.29, 0.717) is 4.88 Å². The van der Waals surface area contributed by atoms with Crippen molar-refractivity contribution in [2.75, 3.05) is 13.1 Å². The van der Waals surface area contributed by atoms with Gasteiger partial charge in [-0.3, -0.25) is 19.4 Å². The molecule has 4 heterocycles. The molecule has 5 rings (SSSR count). The van der Waals surface area contributed by atoms with E-state index in [-0.39, 0.29) is 19.5 Å². The summed E-state index contributed by atoms with van der Waals surface area (Å²) in [5, 5.41) is 8.06. The summed E-state index contributed by atoms with van der Waals surface area (Å²) >= 11 is 1.24. The van der Waals surface area contributed by atoms with Gasteiger partial charge in [-0.15, -0.1) is 11.3 Å². The molecule has 0 bridgehead atoms. The summed E-state index contributed by atoms with van der Waals surface area (Å²) in [5.74, 6) is -1.51. The quantitative estimate of drug-likeness (QED) is 0.293. The monoisotopic (exact) mass is 553 g/mol. The fourth-order valence-corrected chi connectivity index (χ4v) is 5.41. The fourth-order valence-electron chi connectivity index (χ4n) is 4.58. The van der Waals surface area contributed by atoms with Crippen LogP contribution in [0.5, 0.6) is 0 Å². The predicted molar refractivity (Wildman–Crippen MR) is 141 cm³/mol. The molecule has 12 heteroatoms. The number of thiophene rings is 1. The molecule has 39 heavy (non-hydrogen) atoms. The van der Waals surface area contributed by atoms with Gasteiger partial charge >= 0.3 is 6.61 Å². The third-order valence-electron chi connectivity index (χ3n) is 6.44. The van der Waals surface area contributed by atoms with Gasteiger partial charge in [0.05, 0.1) is 24.1 Å². The van der Waals surface area contributed by atoms with Gasteiger partial charge in [0, 0.05) is 42.0 Å². The molecule has 0 saturated carbocycles. The highest BCUT2D eigenvalue weighted by molar-refractivity contribution is 7.12. The molecule has 202 valence electrons. The van der Waals surface area contributed by atoms with E-state index >= 15 is 0 Å². The van der Waals surface area contributed by atoms with Gasteiger partial charge in [-0.05, 0) is 34.7 Å². The number of carbonyl (C=O) groups excluding carboxylic acids is 3. The lowest BCUT2D eigenvalue weighted by Crippen LogP contribution is -2.48. The van der Waals surface area contributed by atoms with Crippen molar-refractivity contribution in [3.8, 4) is 11.1 Å². The fraction of sp³-hybridized carbons (Fsp3) is 0.259. The van der Waals surface area contributed by atoms with E-state index in [1.807, 2.05) is 41.8 Å². The zero-order valence-corrected chi connectivity index (χ0v) is 21.4. The van der Waals surface area contributed by atoms with Crippen LogP contribution in [0, 0.1) is 0 Å². The van der Waals surface area contributed by atoms with Crippen LogP contribution in [-0.2, 0) is 20.9 Å². The van der Waals surface area contributed by atoms with E-state index in [0.717, 1.165) is 27.7 Å². The molecular formula is C27H25F2N5O4S.